The summed E-state index contributed by atoms with van der Waals surface area (Å²) in [6.07, 6.45) is 4.37. The Balaban J connectivity index is 1.27. The van der Waals surface area contributed by atoms with Gasteiger partial charge in [0, 0.05) is 58.3 Å². The predicted molar refractivity (Wildman–Crippen MR) is 175 cm³/mol. The van der Waals surface area contributed by atoms with Gasteiger partial charge in [0.05, 0.1) is 19.5 Å². The van der Waals surface area contributed by atoms with Crippen LogP contribution in [0.5, 0.6) is 0 Å². The number of hydrogen-bond donors (Lipinski definition) is 0. The van der Waals surface area contributed by atoms with Crippen LogP contribution in [0.2, 0.25) is 0 Å². The van der Waals surface area contributed by atoms with Gasteiger partial charge < -0.3 is 0 Å². The first-order valence-electron chi connectivity index (χ1n) is 11.8. The first-order valence-corrected chi connectivity index (χ1v) is 15.1. The molecule has 0 saturated heterocycles. The van der Waals surface area contributed by atoms with E-state index in [0.717, 1.165) is 52.9 Å². The Kier molecular flexibility index (Phi) is 5.36. The van der Waals surface area contributed by atoms with Crippen LogP contribution in [0.25, 0.3) is 21.9 Å². The van der Waals surface area contributed by atoms with Crippen molar-refractivity contribution < 1.29 is 0 Å². The largest absolute Gasteiger partial charge is 0.135 e. The maximum absolute atomic E-state index is 5.80. The molecule has 4 aromatic rings. The van der Waals surface area contributed by atoms with Crippen LogP contribution < -0.4 is 0 Å². The highest BCUT2D eigenvalue weighted by Crippen LogP contribution is 2.56. The van der Waals surface area contributed by atoms with Gasteiger partial charge in [0.1, 0.15) is 0 Å². The number of benzene rings is 2. The number of allylic oxidation sites excluding steroid dienone is 2. The zero-order valence-corrected chi connectivity index (χ0v) is 24.8. The predicted octanol–water partition coefficient (Wildman–Crippen LogP) is 9.18. The van der Waals surface area contributed by atoms with Gasteiger partial charge in [-0.05, 0) is 35.4 Å². The van der Waals surface area contributed by atoms with E-state index >= 15 is 0 Å². The van der Waals surface area contributed by atoms with Gasteiger partial charge >= 0.3 is 0 Å². The average Bonchev–Trinajstić information content (AvgIpc) is 3.66. The minimum atomic E-state index is -0.0789. The fraction of sp³-hybridized carbons (Fsp3) is 0.0968. The molecule has 0 nitrogen and oxygen atoms in total. The van der Waals surface area contributed by atoms with Crippen molar-refractivity contribution >= 4 is 103 Å². The lowest BCUT2D eigenvalue weighted by molar-refractivity contribution is 0.663. The van der Waals surface area contributed by atoms with E-state index in [-0.39, 0.29) is 5.41 Å². The van der Waals surface area contributed by atoms with Gasteiger partial charge in [-0.15, -0.1) is 22.7 Å². The minimum absolute atomic E-state index is 0.0789. The summed E-state index contributed by atoms with van der Waals surface area (Å²) in [6.45, 7) is 4.62. The van der Waals surface area contributed by atoms with Crippen LogP contribution in [0, 0.1) is 0 Å². The molecule has 0 aliphatic heterocycles. The summed E-state index contributed by atoms with van der Waals surface area (Å²) < 4.78 is 0. The standard InChI is InChI=1S/C31H18S6/c1-31(2)23-13-15(11-21-25(32)17-7-3-4-8-18(17)26(21)33)36-29(23)30-24(31)14-16(37-30)12-22-27(34)19-9-5-6-10-20(19)28(22)35/h3-14H,1-2H3. The molecule has 2 heterocycles. The number of rotatable bonds is 2. The highest BCUT2D eigenvalue weighted by molar-refractivity contribution is 7.84. The van der Waals surface area contributed by atoms with Crippen LogP contribution in [0.4, 0.5) is 0 Å². The van der Waals surface area contributed by atoms with Crippen LogP contribution in [0.1, 0.15) is 57.0 Å². The number of fused-ring (bicyclic) bond motifs is 5. The second-order valence-electron chi connectivity index (χ2n) is 9.93. The number of thiophene rings is 2. The van der Waals surface area contributed by atoms with Gasteiger partial charge in [0.2, 0.25) is 0 Å². The number of hydrogen-bond acceptors (Lipinski definition) is 6. The van der Waals surface area contributed by atoms with Crippen LogP contribution in [-0.4, -0.2) is 19.5 Å². The van der Waals surface area contributed by atoms with Gasteiger partial charge in [0.15, 0.2) is 0 Å². The molecule has 0 atom stereocenters. The molecule has 0 N–H and O–H groups in total. The van der Waals surface area contributed by atoms with E-state index < -0.39 is 0 Å². The van der Waals surface area contributed by atoms with Crippen molar-refractivity contribution in [1.29, 1.82) is 0 Å². The molecule has 0 spiro atoms. The third-order valence-corrected chi connectivity index (χ3v) is 11.5. The molecule has 37 heavy (non-hydrogen) atoms. The molecule has 7 rings (SSSR count). The fourth-order valence-corrected chi connectivity index (χ4v) is 9.63. The second kappa shape index (κ2) is 8.34. The van der Waals surface area contributed by atoms with Gasteiger partial charge in [-0.1, -0.05) is 111 Å². The van der Waals surface area contributed by atoms with Crippen molar-refractivity contribution in [3.8, 4) is 9.75 Å². The fourth-order valence-electron chi connectivity index (χ4n) is 5.46. The molecule has 0 radical (unpaired) electrons. The lowest BCUT2D eigenvalue weighted by atomic mass is 9.83. The molecular formula is C31H18S6. The van der Waals surface area contributed by atoms with Crippen LogP contribution in [0.15, 0.2) is 71.8 Å². The Morgan fingerprint density at radius 2 is 0.892 bits per heavy atom. The maximum Gasteiger partial charge on any atom is 0.0543 e. The summed E-state index contributed by atoms with van der Waals surface area (Å²) in [4.78, 5) is 8.47. The van der Waals surface area contributed by atoms with Gasteiger partial charge in [-0.25, -0.2) is 0 Å². The van der Waals surface area contributed by atoms with E-state index in [1.807, 2.05) is 46.9 Å². The SMILES string of the molecule is CC1(C)c2cc(C=C3C(=S)c4ccccc4C3=S)sc2-c2sc(C=C3C(=S)c4ccccc4C3=S)cc21. The molecule has 3 aliphatic carbocycles. The molecule has 178 valence electrons. The summed E-state index contributed by atoms with van der Waals surface area (Å²) in [7, 11) is 0. The monoisotopic (exact) mass is 582 g/mol. The van der Waals surface area contributed by atoms with E-state index in [9.17, 15) is 0 Å². The van der Waals surface area contributed by atoms with Crippen LogP contribution in [-0.2, 0) is 5.41 Å². The van der Waals surface area contributed by atoms with Gasteiger partial charge in [-0.3, -0.25) is 0 Å². The molecule has 0 amide bonds. The Hall–Kier alpha value is -2.32. The first-order chi connectivity index (χ1) is 17.8. The van der Waals surface area contributed by atoms with Crippen molar-refractivity contribution in [2.75, 3.05) is 0 Å². The Morgan fingerprint density at radius 3 is 1.22 bits per heavy atom. The van der Waals surface area contributed by atoms with Crippen molar-refractivity contribution in [3.05, 3.63) is 115 Å². The summed E-state index contributed by atoms with van der Waals surface area (Å²) >= 11 is 26.9. The summed E-state index contributed by atoms with van der Waals surface area (Å²) in [5.41, 5.74) is 8.93. The second-order valence-corrected chi connectivity index (χ2v) is 13.7. The Labute approximate surface area is 245 Å². The average molecular weight is 583 g/mol. The highest BCUT2D eigenvalue weighted by Gasteiger charge is 2.39. The molecular weight excluding hydrogens is 565 g/mol. The van der Waals surface area contributed by atoms with E-state index in [2.05, 4.69) is 62.4 Å². The minimum Gasteiger partial charge on any atom is -0.135 e. The lowest BCUT2D eigenvalue weighted by Gasteiger charge is -2.19. The zero-order valence-electron chi connectivity index (χ0n) is 19.9. The van der Waals surface area contributed by atoms with E-state index in [0.29, 0.717) is 0 Å². The van der Waals surface area contributed by atoms with Crippen LogP contribution in [0.3, 0.4) is 0 Å². The molecule has 0 saturated carbocycles. The van der Waals surface area contributed by atoms with Crippen molar-refractivity contribution in [1.82, 2.24) is 0 Å². The van der Waals surface area contributed by atoms with Crippen LogP contribution >= 0.6 is 71.5 Å². The Morgan fingerprint density at radius 1 is 0.568 bits per heavy atom. The van der Waals surface area contributed by atoms with Gasteiger partial charge in [-0.2, -0.15) is 0 Å². The topological polar surface area (TPSA) is 0 Å². The molecule has 0 unspecified atom stereocenters. The third-order valence-electron chi connectivity index (χ3n) is 7.44. The van der Waals surface area contributed by atoms with Gasteiger partial charge in [0.25, 0.3) is 0 Å². The van der Waals surface area contributed by atoms with Crippen molar-refractivity contribution in [2.45, 2.75) is 19.3 Å². The zero-order chi connectivity index (χ0) is 25.6. The molecule has 3 aliphatic rings. The summed E-state index contributed by atoms with van der Waals surface area (Å²) in [5.74, 6) is 0. The third kappa shape index (κ3) is 3.40. The highest BCUT2D eigenvalue weighted by atomic mass is 32.1. The molecule has 6 heteroatoms. The quantitative estimate of drug-likeness (QED) is 0.171. The van der Waals surface area contributed by atoms with E-state index in [1.165, 1.54) is 30.6 Å². The maximum atomic E-state index is 5.80. The lowest BCUT2D eigenvalue weighted by Crippen LogP contribution is -2.13. The molecule has 2 aromatic carbocycles. The summed E-state index contributed by atoms with van der Waals surface area (Å²) in [6, 6.07) is 21.0. The van der Waals surface area contributed by atoms with Crippen molar-refractivity contribution in [3.63, 3.8) is 0 Å². The normalized spacial score (nSPS) is 16.7. The molecule has 0 fully saturated rings. The van der Waals surface area contributed by atoms with E-state index in [4.69, 9.17) is 48.9 Å². The summed E-state index contributed by atoms with van der Waals surface area (Å²) in [5, 5.41) is 0. The van der Waals surface area contributed by atoms with E-state index in [1.54, 1.807) is 0 Å². The van der Waals surface area contributed by atoms with Crippen molar-refractivity contribution in [2.24, 2.45) is 0 Å². The Bertz CT molecular complexity index is 1610. The molecule has 0 bridgehead atoms. The number of thiocarbonyl (C=S) groups is 4. The molecule has 2 aromatic heterocycles. The first kappa shape index (κ1) is 23.8. The smallest absolute Gasteiger partial charge is 0.0543 e.